The molecule has 0 aliphatic heterocycles. The summed E-state index contributed by atoms with van der Waals surface area (Å²) in [4.78, 5) is 23.5. The van der Waals surface area contributed by atoms with Gasteiger partial charge in [-0.2, -0.15) is 5.10 Å². The highest BCUT2D eigenvalue weighted by molar-refractivity contribution is 5.91. The van der Waals surface area contributed by atoms with Crippen LogP contribution in [0.3, 0.4) is 0 Å². The lowest BCUT2D eigenvalue weighted by molar-refractivity contribution is -0.120. The van der Waals surface area contributed by atoms with Crippen molar-refractivity contribution in [3.8, 4) is 0 Å². The van der Waals surface area contributed by atoms with E-state index >= 15 is 0 Å². The molecule has 7 nitrogen and oxygen atoms in total. The van der Waals surface area contributed by atoms with Gasteiger partial charge in [0.15, 0.2) is 5.76 Å². The molecule has 22 heavy (non-hydrogen) atoms. The monoisotopic (exact) mass is 304 g/mol. The van der Waals surface area contributed by atoms with Crippen molar-refractivity contribution in [1.82, 2.24) is 20.4 Å². The number of amides is 2. The van der Waals surface area contributed by atoms with E-state index in [1.807, 2.05) is 20.9 Å². The molecule has 7 heteroatoms. The predicted octanol–water partition coefficient (Wildman–Crippen LogP) is 0.719. The van der Waals surface area contributed by atoms with Crippen LogP contribution in [0.4, 0.5) is 0 Å². The van der Waals surface area contributed by atoms with E-state index in [0.717, 1.165) is 17.0 Å². The Labute approximate surface area is 128 Å². The summed E-state index contributed by atoms with van der Waals surface area (Å²) in [7, 11) is 1.86. The molecule has 0 aliphatic rings. The lowest BCUT2D eigenvalue weighted by Gasteiger charge is -2.06. The average Bonchev–Trinajstić information content (AvgIpc) is 3.09. The van der Waals surface area contributed by atoms with Gasteiger partial charge in [0.2, 0.25) is 5.91 Å². The Bertz CT molecular complexity index is 659. The molecule has 2 aromatic heterocycles. The Morgan fingerprint density at radius 1 is 1.27 bits per heavy atom. The highest BCUT2D eigenvalue weighted by Crippen LogP contribution is 2.12. The molecular formula is C15H20N4O3. The van der Waals surface area contributed by atoms with Crippen molar-refractivity contribution in [2.45, 2.75) is 20.3 Å². The van der Waals surface area contributed by atoms with E-state index < -0.39 is 0 Å². The molecule has 0 spiro atoms. The lowest BCUT2D eigenvalue weighted by Crippen LogP contribution is -2.35. The van der Waals surface area contributed by atoms with Crippen LogP contribution in [0.1, 0.15) is 27.5 Å². The van der Waals surface area contributed by atoms with E-state index in [0.29, 0.717) is 13.1 Å². The van der Waals surface area contributed by atoms with E-state index in [9.17, 15) is 9.59 Å². The van der Waals surface area contributed by atoms with Crippen molar-refractivity contribution in [2.75, 3.05) is 13.1 Å². The van der Waals surface area contributed by atoms with Gasteiger partial charge in [-0.3, -0.25) is 14.3 Å². The minimum atomic E-state index is -0.293. The van der Waals surface area contributed by atoms with Crippen LogP contribution in [0.2, 0.25) is 0 Å². The molecule has 0 saturated heterocycles. The zero-order valence-corrected chi connectivity index (χ0v) is 13.0. The number of furan rings is 1. The molecule has 2 rings (SSSR count). The molecule has 0 aromatic carbocycles. The highest BCUT2D eigenvalue weighted by atomic mass is 16.3. The third-order valence-electron chi connectivity index (χ3n) is 3.47. The van der Waals surface area contributed by atoms with Crippen LogP contribution in [0.5, 0.6) is 0 Å². The summed E-state index contributed by atoms with van der Waals surface area (Å²) in [5.41, 5.74) is 2.79. The number of carbonyl (C=O) groups excluding carboxylic acids is 2. The summed E-state index contributed by atoms with van der Waals surface area (Å²) in [5, 5.41) is 9.72. The van der Waals surface area contributed by atoms with Crippen molar-refractivity contribution < 1.29 is 14.0 Å². The maximum Gasteiger partial charge on any atom is 0.287 e. The van der Waals surface area contributed by atoms with Crippen LogP contribution in [0.25, 0.3) is 0 Å². The lowest BCUT2D eigenvalue weighted by atomic mass is 10.1. The van der Waals surface area contributed by atoms with Gasteiger partial charge in [-0.05, 0) is 26.0 Å². The second kappa shape index (κ2) is 6.93. The first-order valence-electron chi connectivity index (χ1n) is 7.06. The number of rotatable bonds is 6. The summed E-state index contributed by atoms with van der Waals surface area (Å²) in [6, 6.07) is 3.23. The fourth-order valence-corrected chi connectivity index (χ4v) is 2.17. The minimum absolute atomic E-state index is 0.0913. The summed E-state index contributed by atoms with van der Waals surface area (Å²) >= 11 is 0. The Morgan fingerprint density at radius 3 is 2.59 bits per heavy atom. The van der Waals surface area contributed by atoms with Gasteiger partial charge in [-0.15, -0.1) is 0 Å². The van der Waals surface area contributed by atoms with Crippen LogP contribution >= 0.6 is 0 Å². The number of carbonyl (C=O) groups is 2. The van der Waals surface area contributed by atoms with Gasteiger partial charge in [0, 0.05) is 31.4 Å². The maximum absolute atomic E-state index is 11.9. The van der Waals surface area contributed by atoms with E-state index in [1.165, 1.54) is 6.26 Å². The van der Waals surface area contributed by atoms with Crippen LogP contribution in [0, 0.1) is 13.8 Å². The van der Waals surface area contributed by atoms with E-state index in [2.05, 4.69) is 15.7 Å². The maximum atomic E-state index is 11.9. The molecular weight excluding hydrogens is 284 g/mol. The SMILES string of the molecule is Cc1nn(C)c(C)c1CC(=O)NCCNC(=O)c1ccco1. The molecule has 0 atom stereocenters. The number of nitrogens with one attached hydrogen (secondary N) is 2. The Balaban J connectivity index is 1.73. The summed E-state index contributed by atoms with van der Waals surface area (Å²) < 4.78 is 6.74. The first-order valence-corrected chi connectivity index (χ1v) is 7.06. The van der Waals surface area contributed by atoms with Gasteiger partial charge in [-0.1, -0.05) is 0 Å². The highest BCUT2D eigenvalue weighted by Gasteiger charge is 2.13. The van der Waals surface area contributed by atoms with Crippen molar-refractivity contribution in [1.29, 1.82) is 0 Å². The molecule has 0 unspecified atom stereocenters. The second-order valence-electron chi connectivity index (χ2n) is 5.03. The van der Waals surface area contributed by atoms with Crippen LogP contribution in [-0.2, 0) is 18.3 Å². The van der Waals surface area contributed by atoms with Gasteiger partial charge >= 0.3 is 0 Å². The number of nitrogens with zero attached hydrogens (tertiary/aromatic N) is 2. The largest absolute Gasteiger partial charge is 0.459 e. The van der Waals surface area contributed by atoms with Gasteiger partial charge in [-0.25, -0.2) is 0 Å². The van der Waals surface area contributed by atoms with Gasteiger partial charge in [0.25, 0.3) is 5.91 Å². The fraction of sp³-hybridized carbons (Fsp3) is 0.400. The predicted molar refractivity (Wildman–Crippen MR) is 80.4 cm³/mol. The van der Waals surface area contributed by atoms with Crippen molar-refractivity contribution in [2.24, 2.45) is 7.05 Å². The summed E-state index contributed by atoms with van der Waals surface area (Å²) in [5.74, 6) is -0.127. The standard InChI is InChI=1S/C15H20N4O3/c1-10-12(11(2)19(3)18-10)9-14(20)16-6-7-17-15(21)13-5-4-8-22-13/h4-5,8H,6-7,9H2,1-3H3,(H,16,20)(H,17,21). The van der Waals surface area contributed by atoms with Crippen LogP contribution in [-0.4, -0.2) is 34.7 Å². The number of hydrogen-bond acceptors (Lipinski definition) is 4. The Hall–Kier alpha value is -2.57. The van der Waals surface area contributed by atoms with Gasteiger partial charge in [0.1, 0.15) is 0 Å². The topological polar surface area (TPSA) is 89.2 Å². The van der Waals surface area contributed by atoms with Crippen LogP contribution < -0.4 is 10.6 Å². The van der Waals surface area contributed by atoms with Gasteiger partial charge in [0.05, 0.1) is 18.4 Å². The molecule has 0 fully saturated rings. The Morgan fingerprint density at radius 2 is 2.00 bits per heavy atom. The van der Waals surface area contributed by atoms with Crippen molar-refractivity contribution >= 4 is 11.8 Å². The number of hydrogen-bond donors (Lipinski definition) is 2. The molecule has 118 valence electrons. The first kappa shape index (κ1) is 15.8. The van der Waals surface area contributed by atoms with E-state index in [1.54, 1.807) is 16.8 Å². The Kier molecular flexibility index (Phi) is 4.98. The quantitative estimate of drug-likeness (QED) is 0.770. The third kappa shape index (κ3) is 3.75. The molecule has 0 bridgehead atoms. The average molecular weight is 304 g/mol. The first-order chi connectivity index (χ1) is 10.5. The second-order valence-corrected chi connectivity index (χ2v) is 5.03. The third-order valence-corrected chi connectivity index (χ3v) is 3.47. The molecule has 2 N–H and O–H groups in total. The molecule has 0 saturated carbocycles. The normalized spacial score (nSPS) is 10.5. The number of aromatic nitrogens is 2. The van der Waals surface area contributed by atoms with E-state index in [-0.39, 0.29) is 24.0 Å². The van der Waals surface area contributed by atoms with Gasteiger partial charge < -0.3 is 15.1 Å². The molecule has 2 aromatic rings. The number of aryl methyl sites for hydroxylation is 2. The minimum Gasteiger partial charge on any atom is -0.459 e. The van der Waals surface area contributed by atoms with Crippen molar-refractivity contribution in [3.63, 3.8) is 0 Å². The fourth-order valence-electron chi connectivity index (χ4n) is 2.17. The smallest absolute Gasteiger partial charge is 0.287 e. The van der Waals surface area contributed by atoms with E-state index in [4.69, 9.17) is 4.42 Å². The molecule has 0 aliphatic carbocycles. The van der Waals surface area contributed by atoms with Crippen LogP contribution in [0.15, 0.2) is 22.8 Å². The molecule has 2 amide bonds. The molecule has 2 heterocycles. The zero-order chi connectivity index (χ0) is 16.1. The summed E-state index contributed by atoms with van der Waals surface area (Å²) in [6.07, 6.45) is 1.73. The van der Waals surface area contributed by atoms with Crippen molar-refractivity contribution in [3.05, 3.63) is 41.1 Å². The zero-order valence-electron chi connectivity index (χ0n) is 13.0. The molecule has 0 radical (unpaired) electrons. The summed E-state index contributed by atoms with van der Waals surface area (Å²) in [6.45, 7) is 4.53.